The van der Waals surface area contributed by atoms with Gasteiger partial charge in [-0.3, -0.25) is 9.59 Å². The summed E-state index contributed by atoms with van der Waals surface area (Å²) in [6.07, 6.45) is 3.46. The van der Waals surface area contributed by atoms with Crippen LogP contribution in [-0.2, 0) is 29.0 Å². The Morgan fingerprint density at radius 2 is 1.74 bits per heavy atom. The fourth-order valence-corrected chi connectivity index (χ4v) is 4.58. The minimum absolute atomic E-state index is 0. The van der Waals surface area contributed by atoms with E-state index in [-0.39, 0.29) is 25.9 Å². The first-order chi connectivity index (χ1) is 18.5. The summed E-state index contributed by atoms with van der Waals surface area (Å²) in [6, 6.07) is 23.1. The first-order valence-electron chi connectivity index (χ1n) is 12.9. The van der Waals surface area contributed by atoms with Crippen LogP contribution in [0.2, 0.25) is 0 Å². The average Bonchev–Trinajstić information content (AvgIpc) is 3.34. The van der Waals surface area contributed by atoms with Crippen LogP contribution in [0.5, 0.6) is 11.5 Å². The van der Waals surface area contributed by atoms with Gasteiger partial charge in [0.25, 0.3) is 5.91 Å². The summed E-state index contributed by atoms with van der Waals surface area (Å²) in [5, 5.41) is 4.21. The average molecular weight is 516 g/mol. The van der Waals surface area contributed by atoms with Gasteiger partial charge < -0.3 is 24.7 Å². The van der Waals surface area contributed by atoms with E-state index in [2.05, 4.69) is 23.3 Å². The largest absolute Gasteiger partial charge is 0.496 e. The number of ether oxygens (including phenoxy) is 2. The molecule has 1 unspecified atom stereocenters. The number of nitrogens with one attached hydrogen (secondary N) is 2. The molecule has 7 nitrogen and oxygen atoms in total. The number of aromatic nitrogens is 1. The third kappa shape index (κ3) is 6.94. The number of methoxy groups -OCH3 is 1. The highest BCUT2D eigenvalue weighted by Gasteiger charge is 2.22. The van der Waals surface area contributed by atoms with E-state index in [9.17, 15) is 9.59 Å². The summed E-state index contributed by atoms with van der Waals surface area (Å²) < 4.78 is 11.2. The van der Waals surface area contributed by atoms with Gasteiger partial charge >= 0.3 is 0 Å². The molecule has 0 aliphatic carbocycles. The Kier molecular flexibility index (Phi) is 9.03. The Hall–Kier alpha value is -4.26. The van der Waals surface area contributed by atoms with Crippen LogP contribution < -0.4 is 14.8 Å². The first-order valence-corrected chi connectivity index (χ1v) is 12.9. The summed E-state index contributed by atoms with van der Waals surface area (Å²) in [7, 11) is 1.62. The normalized spacial score (nSPS) is 11.7. The maximum atomic E-state index is 13.0. The van der Waals surface area contributed by atoms with Gasteiger partial charge in [0.2, 0.25) is 5.91 Å². The van der Waals surface area contributed by atoms with E-state index in [1.165, 1.54) is 5.56 Å². The molecule has 1 atom stereocenters. The van der Waals surface area contributed by atoms with E-state index in [0.29, 0.717) is 25.3 Å². The van der Waals surface area contributed by atoms with Crippen LogP contribution in [0.1, 0.15) is 32.0 Å². The highest BCUT2D eigenvalue weighted by molar-refractivity contribution is 5.83. The van der Waals surface area contributed by atoms with E-state index < -0.39 is 0 Å². The molecule has 4 aromatic rings. The highest BCUT2D eigenvalue weighted by atomic mass is 16.5. The number of amides is 2. The van der Waals surface area contributed by atoms with Gasteiger partial charge in [0, 0.05) is 44.1 Å². The van der Waals surface area contributed by atoms with Crippen LogP contribution in [0, 0.1) is 0 Å². The maximum absolute atomic E-state index is 13.0. The predicted octanol–water partition coefficient (Wildman–Crippen LogP) is 5.14. The smallest absolute Gasteiger partial charge is 0.258 e. The minimum Gasteiger partial charge on any atom is -0.496 e. The lowest BCUT2D eigenvalue weighted by Crippen LogP contribution is -2.47. The summed E-state index contributed by atoms with van der Waals surface area (Å²) in [5.74, 6) is 1.04. The molecule has 1 aromatic heterocycles. The number of para-hydroxylation sites is 2. The van der Waals surface area contributed by atoms with Crippen molar-refractivity contribution >= 4 is 22.7 Å². The second-order valence-electron chi connectivity index (χ2n) is 9.33. The Morgan fingerprint density at radius 1 is 1.00 bits per heavy atom. The molecule has 0 fully saturated rings. The van der Waals surface area contributed by atoms with Crippen molar-refractivity contribution in [1.29, 1.82) is 0 Å². The number of benzene rings is 3. The number of H-pyrrole nitrogens is 1. The van der Waals surface area contributed by atoms with Gasteiger partial charge in [-0.15, -0.1) is 0 Å². The van der Waals surface area contributed by atoms with Crippen molar-refractivity contribution in [3.05, 3.63) is 95.7 Å². The lowest BCUT2D eigenvalue weighted by atomic mass is 10.0. The number of carbonyl (C=O) groups excluding carboxylic acids is 2. The molecule has 200 valence electrons. The van der Waals surface area contributed by atoms with Crippen LogP contribution in [0.15, 0.2) is 79.0 Å². The van der Waals surface area contributed by atoms with Gasteiger partial charge in [-0.1, -0.05) is 55.5 Å². The Labute approximate surface area is 225 Å². The van der Waals surface area contributed by atoms with Crippen LogP contribution >= 0.6 is 0 Å². The third-order valence-electron chi connectivity index (χ3n) is 6.65. The fourth-order valence-electron chi connectivity index (χ4n) is 4.58. The zero-order valence-corrected chi connectivity index (χ0v) is 22.2. The molecule has 7 heteroatoms. The molecule has 0 spiro atoms. The molecule has 3 aromatic carbocycles. The molecule has 0 saturated heterocycles. The lowest BCUT2D eigenvalue weighted by Gasteiger charge is -2.28. The quantitative estimate of drug-likeness (QED) is 0.274. The van der Waals surface area contributed by atoms with Crippen molar-refractivity contribution in [1.82, 2.24) is 15.2 Å². The lowest BCUT2D eigenvalue weighted by molar-refractivity contribution is -0.131. The maximum Gasteiger partial charge on any atom is 0.258 e. The molecule has 38 heavy (non-hydrogen) atoms. The molecule has 0 aliphatic rings. The van der Waals surface area contributed by atoms with Gasteiger partial charge in [0.1, 0.15) is 11.5 Å². The van der Waals surface area contributed by atoms with Gasteiger partial charge in [0.05, 0.1) is 13.2 Å². The van der Waals surface area contributed by atoms with Crippen molar-refractivity contribution < 1.29 is 20.5 Å². The van der Waals surface area contributed by atoms with Crippen LogP contribution in [0.25, 0.3) is 10.9 Å². The standard InChI is InChI=1S/C31H35N3O4.H2/c1-4-23-13-15-27(16-14-23)38-21-31(36)33-26(17-25-18-32-29-11-7-6-10-28(25)29)20-34(22(2)35)19-24-9-5-8-12-30(24)37-3;/h5-16,18,26,32H,4,17,19-21H2,1-3H3,(H,33,36);1H. The predicted molar refractivity (Wildman–Crippen MR) is 151 cm³/mol. The molecular formula is C31H37N3O4. The second-order valence-corrected chi connectivity index (χ2v) is 9.33. The molecule has 0 aliphatic heterocycles. The van der Waals surface area contributed by atoms with Gasteiger partial charge in [0.15, 0.2) is 6.61 Å². The summed E-state index contributed by atoms with van der Waals surface area (Å²) >= 11 is 0. The molecule has 0 radical (unpaired) electrons. The molecule has 0 saturated carbocycles. The van der Waals surface area contributed by atoms with Gasteiger partial charge in [-0.05, 0) is 48.2 Å². The number of aromatic amines is 1. The summed E-state index contributed by atoms with van der Waals surface area (Å²) in [5.41, 5.74) is 4.22. The number of hydrogen-bond donors (Lipinski definition) is 2. The number of nitrogens with zero attached hydrogens (tertiary/aromatic N) is 1. The van der Waals surface area contributed by atoms with Crippen molar-refractivity contribution in [2.75, 3.05) is 20.3 Å². The van der Waals surface area contributed by atoms with Gasteiger partial charge in [-0.25, -0.2) is 0 Å². The van der Waals surface area contributed by atoms with Crippen molar-refractivity contribution in [2.45, 2.75) is 39.3 Å². The second kappa shape index (κ2) is 12.8. The van der Waals surface area contributed by atoms with Crippen molar-refractivity contribution in [3.8, 4) is 11.5 Å². The van der Waals surface area contributed by atoms with Gasteiger partial charge in [-0.2, -0.15) is 0 Å². The molecule has 2 N–H and O–H groups in total. The van der Waals surface area contributed by atoms with Crippen LogP contribution in [0.3, 0.4) is 0 Å². The zero-order chi connectivity index (χ0) is 26.9. The van der Waals surface area contributed by atoms with Crippen LogP contribution in [-0.4, -0.2) is 48.0 Å². The molecule has 2 amide bonds. The molecular weight excluding hydrogens is 478 g/mol. The SMILES string of the molecule is CCc1ccc(OCC(=O)NC(Cc2c[nH]c3ccccc23)CN(Cc2ccccc2OC)C(C)=O)cc1.[HH]. The topological polar surface area (TPSA) is 83.7 Å². The molecule has 1 heterocycles. The zero-order valence-electron chi connectivity index (χ0n) is 22.2. The Bertz CT molecular complexity index is 1370. The number of aryl methyl sites for hydroxylation is 1. The number of hydrogen-bond acceptors (Lipinski definition) is 4. The first kappa shape index (κ1) is 26.8. The van der Waals surface area contributed by atoms with Crippen molar-refractivity contribution in [2.24, 2.45) is 0 Å². The molecule has 4 rings (SSSR count). The number of carbonyl (C=O) groups is 2. The van der Waals surface area contributed by atoms with Crippen molar-refractivity contribution in [3.63, 3.8) is 0 Å². The minimum atomic E-state index is -0.327. The Balaban J connectivity index is 0.00000420. The highest BCUT2D eigenvalue weighted by Crippen LogP contribution is 2.22. The van der Waals surface area contributed by atoms with E-state index in [0.717, 1.165) is 34.2 Å². The Morgan fingerprint density at radius 3 is 2.47 bits per heavy atom. The number of rotatable bonds is 12. The molecule has 0 bridgehead atoms. The van der Waals surface area contributed by atoms with E-state index in [1.54, 1.807) is 18.9 Å². The van der Waals surface area contributed by atoms with E-state index in [4.69, 9.17) is 9.47 Å². The fraction of sp³-hybridized carbons (Fsp3) is 0.290. The van der Waals surface area contributed by atoms with Crippen LogP contribution in [0.4, 0.5) is 0 Å². The summed E-state index contributed by atoms with van der Waals surface area (Å²) in [6.45, 7) is 4.24. The summed E-state index contributed by atoms with van der Waals surface area (Å²) in [4.78, 5) is 30.7. The monoisotopic (exact) mass is 515 g/mol. The third-order valence-corrected chi connectivity index (χ3v) is 6.65. The number of fused-ring (bicyclic) bond motifs is 1. The van der Waals surface area contributed by atoms with E-state index in [1.807, 2.05) is 72.9 Å². The van der Waals surface area contributed by atoms with E-state index >= 15 is 0 Å².